The van der Waals surface area contributed by atoms with E-state index in [0.717, 1.165) is 17.0 Å². The van der Waals surface area contributed by atoms with Crippen LogP contribution < -0.4 is 0 Å². The lowest BCUT2D eigenvalue weighted by Gasteiger charge is -2.16. The van der Waals surface area contributed by atoms with Gasteiger partial charge in [0.15, 0.2) is 5.82 Å². The van der Waals surface area contributed by atoms with Crippen LogP contribution in [0.15, 0.2) is 134 Å². The Morgan fingerprint density at radius 1 is 0.389 bits per heavy atom. The number of nitrogens with zero attached hydrogens (tertiary/aromatic N) is 2. The zero-order chi connectivity index (χ0) is 23.9. The van der Waals surface area contributed by atoms with Crippen molar-refractivity contribution < 1.29 is 0 Å². The summed E-state index contributed by atoms with van der Waals surface area (Å²) in [5.41, 5.74) is 5.78. The van der Waals surface area contributed by atoms with Gasteiger partial charge in [-0.2, -0.15) is 0 Å². The molecule has 0 saturated heterocycles. The Labute approximate surface area is 209 Å². The van der Waals surface area contributed by atoms with Crippen LogP contribution in [0.1, 0.15) is 0 Å². The van der Waals surface area contributed by atoms with Crippen LogP contribution in [0.2, 0.25) is 0 Å². The molecule has 0 saturated carbocycles. The number of hydrogen-bond donors (Lipinski definition) is 0. The quantitative estimate of drug-likeness (QED) is 0.247. The molecule has 0 bridgehead atoms. The maximum atomic E-state index is 4.61. The molecule has 0 atom stereocenters. The Morgan fingerprint density at radius 3 is 1.72 bits per heavy atom. The maximum Gasteiger partial charge on any atom is 0.159 e. The van der Waals surface area contributed by atoms with Crippen molar-refractivity contribution in [2.24, 2.45) is 0 Å². The van der Waals surface area contributed by atoms with Gasteiger partial charge in [-0.3, -0.25) is 0 Å². The first-order valence-corrected chi connectivity index (χ1v) is 12.2. The topological polar surface area (TPSA) is 25.8 Å². The van der Waals surface area contributed by atoms with E-state index in [0.29, 0.717) is 0 Å². The van der Waals surface area contributed by atoms with E-state index in [4.69, 9.17) is 0 Å². The van der Waals surface area contributed by atoms with Gasteiger partial charge in [0.2, 0.25) is 0 Å². The van der Waals surface area contributed by atoms with Crippen molar-refractivity contribution in [3.63, 3.8) is 0 Å². The number of aromatic nitrogens is 2. The van der Waals surface area contributed by atoms with Gasteiger partial charge < -0.3 is 0 Å². The third kappa shape index (κ3) is 3.35. The zero-order valence-electron chi connectivity index (χ0n) is 19.6. The summed E-state index contributed by atoms with van der Waals surface area (Å²) >= 11 is 0. The van der Waals surface area contributed by atoms with Crippen molar-refractivity contribution in [2.45, 2.75) is 0 Å². The van der Waals surface area contributed by atoms with Gasteiger partial charge in [0.25, 0.3) is 0 Å². The third-order valence-corrected chi connectivity index (χ3v) is 6.97. The van der Waals surface area contributed by atoms with Gasteiger partial charge in [-0.15, -0.1) is 0 Å². The fourth-order valence-electron chi connectivity index (χ4n) is 5.34. The average molecular weight is 459 g/mol. The number of benzene rings is 6. The molecule has 0 amide bonds. The van der Waals surface area contributed by atoms with E-state index in [-0.39, 0.29) is 0 Å². The highest BCUT2D eigenvalue weighted by molar-refractivity contribution is 6.13. The largest absolute Gasteiger partial charge is 0.237 e. The normalized spacial score (nSPS) is 11.3. The minimum atomic E-state index is 0.731. The smallest absolute Gasteiger partial charge is 0.159 e. The first-order valence-electron chi connectivity index (χ1n) is 12.2. The molecule has 2 heteroatoms. The molecule has 7 aromatic rings. The predicted molar refractivity (Wildman–Crippen MR) is 151 cm³/mol. The number of rotatable bonds is 3. The van der Waals surface area contributed by atoms with Crippen molar-refractivity contribution in [3.05, 3.63) is 134 Å². The average Bonchev–Trinajstić information content (AvgIpc) is 2.96. The lowest BCUT2D eigenvalue weighted by Crippen LogP contribution is -1.93. The Bertz CT molecular complexity index is 1830. The zero-order valence-corrected chi connectivity index (χ0v) is 19.6. The molecular formula is C34H22N2. The second-order valence-corrected chi connectivity index (χ2v) is 9.05. The molecule has 0 N–H and O–H groups in total. The summed E-state index contributed by atoms with van der Waals surface area (Å²) in [6.07, 6.45) is 3.61. The van der Waals surface area contributed by atoms with E-state index in [1.165, 1.54) is 49.0 Å². The van der Waals surface area contributed by atoms with Gasteiger partial charge >= 0.3 is 0 Å². The van der Waals surface area contributed by atoms with Crippen molar-refractivity contribution in [1.29, 1.82) is 0 Å². The molecule has 6 aromatic carbocycles. The standard InChI is InChI=1S/C34H22N2/c1-4-13-27-23(9-1)12-7-16-30(27)32-22-26(17-18-31(32)34-35-19-8-20-36-34)33-28-14-5-2-10-24(28)21-25-11-3-6-15-29(25)33/h1-22H. The van der Waals surface area contributed by atoms with Crippen LogP contribution in [-0.4, -0.2) is 9.97 Å². The first kappa shape index (κ1) is 20.5. The molecule has 0 radical (unpaired) electrons. The lowest BCUT2D eigenvalue weighted by atomic mass is 9.88. The van der Waals surface area contributed by atoms with Crippen LogP contribution in [0.5, 0.6) is 0 Å². The van der Waals surface area contributed by atoms with E-state index >= 15 is 0 Å². The van der Waals surface area contributed by atoms with Gasteiger partial charge in [0.1, 0.15) is 0 Å². The summed E-state index contributed by atoms with van der Waals surface area (Å²) in [4.78, 5) is 9.21. The van der Waals surface area contributed by atoms with E-state index < -0.39 is 0 Å². The van der Waals surface area contributed by atoms with Crippen LogP contribution >= 0.6 is 0 Å². The first-order chi connectivity index (χ1) is 17.9. The molecule has 0 spiro atoms. The van der Waals surface area contributed by atoms with Crippen molar-refractivity contribution in [3.8, 4) is 33.6 Å². The van der Waals surface area contributed by atoms with E-state index in [1.807, 2.05) is 6.07 Å². The minimum absolute atomic E-state index is 0.731. The maximum absolute atomic E-state index is 4.61. The van der Waals surface area contributed by atoms with Crippen LogP contribution in [0.4, 0.5) is 0 Å². The van der Waals surface area contributed by atoms with Crippen LogP contribution in [0.25, 0.3) is 66.0 Å². The summed E-state index contributed by atoms with van der Waals surface area (Å²) in [7, 11) is 0. The SMILES string of the molecule is c1cnc(-c2ccc(-c3c4ccccc4cc4ccccc34)cc2-c2cccc3ccccc23)nc1. The molecule has 7 rings (SSSR count). The van der Waals surface area contributed by atoms with Gasteiger partial charge in [-0.1, -0.05) is 97.1 Å². The molecule has 1 heterocycles. The van der Waals surface area contributed by atoms with E-state index in [2.05, 4.69) is 125 Å². The number of fused-ring (bicyclic) bond motifs is 3. The van der Waals surface area contributed by atoms with E-state index in [1.54, 1.807) is 12.4 Å². The highest BCUT2D eigenvalue weighted by Gasteiger charge is 2.16. The van der Waals surface area contributed by atoms with Gasteiger partial charge in [-0.25, -0.2) is 9.97 Å². The van der Waals surface area contributed by atoms with Crippen LogP contribution in [0, 0.1) is 0 Å². The van der Waals surface area contributed by atoms with Gasteiger partial charge in [0, 0.05) is 18.0 Å². The van der Waals surface area contributed by atoms with Crippen LogP contribution in [0.3, 0.4) is 0 Å². The molecule has 0 fully saturated rings. The second kappa shape index (κ2) is 8.44. The Balaban J connectivity index is 1.58. The highest BCUT2D eigenvalue weighted by atomic mass is 14.9. The lowest BCUT2D eigenvalue weighted by molar-refractivity contribution is 1.18. The molecule has 36 heavy (non-hydrogen) atoms. The van der Waals surface area contributed by atoms with Gasteiger partial charge in [-0.05, 0) is 78.8 Å². The molecule has 0 aliphatic carbocycles. The van der Waals surface area contributed by atoms with Crippen molar-refractivity contribution in [2.75, 3.05) is 0 Å². The van der Waals surface area contributed by atoms with Crippen molar-refractivity contribution in [1.82, 2.24) is 9.97 Å². The second-order valence-electron chi connectivity index (χ2n) is 9.05. The Hall–Kier alpha value is -4.82. The molecule has 2 nitrogen and oxygen atoms in total. The van der Waals surface area contributed by atoms with Crippen molar-refractivity contribution >= 4 is 32.3 Å². The molecule has 0 aliphatic heterocycles. The predicted octanol–water partition coefficient (Wildman–Crippen LogP) is 8.94. The van der Waals surface area contributed by atoms with Crippen LogP contribution in [-0.2, 0) is 0 Å². The van der Waals surface area contributed by atoms with Gasteiger partial charge in [0.05, 0.1) is 0 Å². The summed E-state index contributed by atoms with van der Waals surface area (Å²) in [6, 6.07) is 43.2. The molecular weight excluding hydrogens is 436 g/mol. The minimum Gasteiger partial charge on any atom is -0.237 e. The molecule has 1 aromatic heterocycles. The molecule has 168 valence electrons. The fourth-order valence-corrected chi connectivity index (χ4v) is 5.34. The Kier molecular flexibility index (Phi) is 4.82. The fraction of sp³-hybridized carbons (Fsp3) is 0. The molecule has 0 aliphatic rings. The monoisotopic (exact) mass is 458 g/mol. The number of hydrogen-bond acceptors (Lipinski definition) is 2. The Morgan fingerprint density at radius 2 is 1.00 bits per heavy atom. The van der Waals surface area contributed by atoms with E-state index in [9.17, 15) is 0 Å². The summed E-state index contributed by atoms with van der Waals surface area (Å²) in [5, 5.41) is 7.43. The summed E-state index contributed by atoms with van der Waals surface area (Å²) in [5.74, 6) is 0.731. The molecule has 0 unspecified atom stereocenters. The highest BCUT2D eigenvalue weighted by Crippen LogP contribution is 2.41. The third-order valence-electron chi connectivity index (χ3n) is 6.97. The summed E-state index contributed by atoms with van der Waals surface area (Å²) in [6.45, 7) is 0. The summed E-state index contributed by atoms with van der Waals surface area (Å²) < 4.78 is 0.